The number of rotatable bonds is 5. The molecule has 0 radical (unpaired) electrons. The maximum atomic E-state index is 12.7. The highest BCUT2D eigenvalue weighted by Crippen LogP contribution is 2.39. The van der Waals surface area contributed by atoms with Crippen LogP contribution in [-0.2, 0) is 10.1 Å². The van der Waals surface area contributed by atoms with Crippen LogP contribution < -0.4 is 9.61 Å². The molecule has 0 bridgehead atoms. The molecule has 148 valence electrons. The predicted molar refractivity (Wildman–Crippen MR) is 117 cm³/mol. The number of benzene rings is 3. The fraction of sp³-hybridized carbons (Fsp3) is 0.136. The second kappa shape index (κ2) is 7.93. The predicted octanol–water partition coefficient (Wildman–Crippen LogP) is 4.77. The first-order chi connectivity index (χ1) is 13.9. The zero-order valence-corrected chi connectivity index (χ0v) is 17.6. The normalized spacial score (nSPS) is 16.2. The van der Waals surface area contributed by atoms with Crippen LogP contribution >= 0.6 is 11.8 Å². The molecule has 1 atom stereocenters. The number of thioether (sulfide) groups is 1. The molecule has 0 fully saturated rings. The summed E-state index contributed by atoms with van der Waals surface area (Å²) in [5, 5.41) is 5.04. The zero-order valence-electron chi connectivity index (χ0n) is 16.0. The van der Waals surface area contributed by atoms with Crippen LogP contribution in [0.5, 0.6) is 5.75 Å². The van der Waals surface area contributed by atoms with Crippen LogP contribution in [0.25, 0.3) is 0 Å². The van der Waals surface area contributed by atoms with Crippen molar-refractivity contribution in [3.05, 3.63) is 95.1 Å². The molecular formula is C22H20N2O3S2. The number of nitrogens with zero attached hydrogens (tertiary/aromatic N) is 1. The van der Waals surface area contributed by atoms with Gasteiger partial charge >= 0.3 is 10.1 Å². The molecule has 0 saturated carbocycles. The van der Waals surface area contributed by atoms with E-state index in [4.69, 9.17) is 4.18 Å². The van der Waals surface area contributed by atoms with Gasteiger partial charge in [0, 0.05) is 11.1 Å². The van der Waals surface area contributed by atoms with Gasteiger partial charge in [-0.3, -0.25) is 5.43 Å². The molecule has 4 rings (SSSR count). The molecule has 7 heteroatoms. The van der Waals surface area contributed by atoms with Gasteiger partial charge in [-0.25, -0.2) is 0 Å². The van der Waals surface area contributed by atoms with Crippen molar-refractivity contribution >= 4 is 26.9 Å². The second-order valence-corrected chi connectivity index (χ2v) is 9.44. The molecule has 29 heavy (non-hydrogen) atoms. The Bertz CT molecular complexity index is 1160. The lowest BCUT2D eigenvalue weighted by molar-refractivity contribution is 0.481. The molecular weight excluding hydrogens is 404 g/mol. The first-order valence-electron chi connectivity index (χ1n) is 9.09. The maximum Gasteiger partial charge on any atom is 0.339 e. The smallest absolute Gasteiger partial charge is 0.339 e. The van der Waals surface area contributed by atoms with E-state index in [1.54, 1.807) is 36.4 Å². The first kappa shape index (κ1) is 19.5. The molecule has 0 aliphatic carbocycles. The van der Waals surface area contributed by atoms with Crippen molar-refractivity contribution < 1.29 is 12.6 Å². The van der Waals surface area contributed by atoms with E-state index in [-0.39, 0.29) is 10.3 Å². The lowest BCUT2D eigenvalue weighted by Crippen LogP contribution is -2.14. The van der Waals surface area contributed by atoms with Gasteiger partial charge < -0.3 is 4.18 Å². The molecule has 0 amide bonds. The monoisotopic (exact) mass is 424 g/mol. The summed E-state index contributed by atoms with van der Waals surface area (Å²) in [6.07, 6.45) is 0. The SMILES string of the molecule is Cc1ccc(C2=NN[C@H](c3ccccc3OS(=O)(=O)c3ccc(C)cc3)S2)cc1. The van der Waals surface area contributed by atoms with Crippen molar-refractivity contribution in [2.45, 2.75) is 24.1 Å². The van der Waals surface area contributed by atoms with Crippen molar-refractivity contribution in [3.8, 4) is 5.75 Å². The largest absolute Gasteiger partial charge is 0.379 e. The summed E-state index contributed by atoms with van der Waals surface area (Å²) in [7, 11) is -3.93. The van der Waals surface area contributed by atoms with Crippen LogP contribution in [0, 0.1) is 13.8 Å². The van der Waals surface area contributed by atoms with E-state index in [1.807, 2.05) is 50.2 Å². The number of hydrogen-bond acceptors (Lipinski definition) is 6. The quantitative estimate of drug-likeness (QED) is 0.598. The van der Waals surface area contributed by atoms with E-state index < -0.39 is 10.1 Å². The number of nitrogens with one attached hydrogen (secondary N) is 1. The number of hydrazone groups is 1. The molecule has 3 aromatic rings. The standard InChI is InChI=1S/C22H20N2O3S2/c1-15-7-11-17(12-8-15)21-23-24-22(28-21)19-5-3-4-6-20(19)27-29(25,26)18-13-9-16(2)10-14-18/h3-14,22,24H,1-2H3/t22-/m0/s1. The number of aryl methyl sites for hydroxylation is 2. The number of hydrogen-bond donors (Lipinski definition) is 1. The van der Waals surface area contributed by atoms with Crippen LogP contribution in [0.15, 0.2) is 82.8 Å². The van der Waals surface area contributed by atoms with Crippen LogP contribution in [0.1, 0.15) is 27.6 Å². The minimum Gasteiger partial charge on any atom is -0.379 e. The van der Waals surface area contributed by atoms with Crippen molar-refractivity contribution in [2.24, 2.45) is 5.10 Å². The van der Waals surface area contributed by atoms with Crippen molar-refractivity contribution in [1.82, 2.24) is 5.43 Å². The minimum atomic E-state index is -3.93. The average Bonchev–Trinajstić information content (AvgIpc) is 3.19. The third-order valence-electron chi connectivity index (χ3n) is 4.52. The van der Waals surface area contributed by atoms with Gasteiger partial charge in [0.1, 0.15) is 21.1 Å². The minimum absolute atomic E-state index is 0.126. The summed E-state index contributed by atoms with van der Waals surface area (Å²) in [4.78, 5) is 0.126. The van der Waals surface area contributed by atoms with Crippen LogP contribution in [-0.4, -0.2) is 13.5 Å². The molecule has 0 spiro atoms. The van der Waals surface area contributed by atoms with Crippen LogP contribution in [0.4, 0.5) is 0 Å². The third kappa shape index (κ3) is 4.31. The third-order valence-corrected chi connectivity index (χ3v) is 6.92. The molecule has 1 aliphatic heterocycles. The van der Waals surface area contributed by atoms with Gasteiger partial charge in [0.15, 0.2) is 0 Å². The Hall–Kier alpha value is -2.77. The molecule has 1 aliphatic rings. The van der Waals surface area contributed by atoms with Gasteiger partial charge in [0.25, 0.3) is 0 Å². The first-order valence-corrected chi connectivity index (χ1v) is 11.4. The average molecular weight is 425 g/mol. The fourth-order valence-electron chi connectivity index (χ4n) is 2.89. The van der Waals surface area contributed by atoms with Crippen LogP contribution in [0.2, 0.25) is 0 Å². The lowest BCUT2D eigenvalue weighted by Gasteiger charge is -2.15. The Morgan fingerprint density at radius 1 is 0.897 bits per heavy atom. The molecule has 0 aromatic heterocycles. The Kier molecular flexibility index (Phi) is 5.34. The van der Waals surface area contributed by atoms with Crippen LogP contribution in [0.3, 0.4) is 0 Å². The highest BCUT2D eigenvalue weighted by atomic mass is 32.2. The van der Waals surface area contributed by atoms with Crippen molar-refractivity contribution in [3.63, 3.8) is 0 Å². The van der Waals surface area contributed by atoms with Crippen molar-refractivity contribution in [1.29, 1.82) is 0 Å². The van der Waals surface area contributed by atoms with Gasteiger partial charge in [-0.05, 0) is 32.0 Å². The summed E-state index contributed by atoms with van der Waals surface area (Å²) in [6, 6.07) is 21.8. The summed E-state index contributed by atoms with van der Waals surface area (Å²) in [6.45, 7) is 3.94. The van der Waals surface area contributed by atoms with Gasteiger partial charge in [0.2, 0.25) is 0 Å². The van der Waals surface area contributed by atoms with E-state index in [2.05, 4.69) is 10.5 Å². The van der Waals surface area contributed by atoms with Gasteiger partial charge in [-0.2, -0.15) is 13.5 Å². The van der Waals surface area contributed by atoms with Gasteiger partial charge in [-0.15, -0.1) is 0 Å². The molecule has 1 heterocycles. The highest BCUT2D eigenvalue weighted by Gasteiger charge is 2.27. The van der Waals surface area contributed by atoms with E-state index in [0.29, 0.717) is 5.75 Å². The van der Waals surface area contributed by atoms with E-state index in [0.717, 1.165) is 21.7 Å². The Balaban J connectivity index is 1.56. The molecule has 1 N–H and O–H groups in total. The molecule has 0 unspecified atom stereocenters. The molecule has 5 nitrogen and oxygen atoms in total. The maximum absolute atomic E-state index is 12.7. The zero-order chi connectivity index (χ0) is 20.4. The van der Waals surface area contributed by atoms with E-state index in [9.17, 15) is 8.42 Å². The second-order valence-electron chi connectivity index (χ2n) is 6.80. The number of para-hydroxylation sites is 1. The Morgan fingerprint density at radius 3 is 2.21 bits per heavy atom. The van der Waals surface area contributed by atoms with Crippen molar-refractivity contribution in [2.75, 3.05) is 0 Å². The van der Waals surface area contributed by atoms with Gasteiger partial charge in [0.05, 0.1) is 0 Å². The molecule has 3 aromatic carbocycles. The topological polar surface area (TPSA) is 67.8 Å². The Morgan fingerprint density at radius 2 is 1.52 bits per heavy atom. The van der Waals surface area contributed by atoms with E-state index >= 15 is 0 Å². The summed E-state index contributed by atoms with van der Waals surface area (Å²) in [5.41, 5.74) is 6.99. The summed E-state index contributed by atoms with van der Waals surface area (Å²) < 4.78 is 30.9. The highest BCUT2D eigenvalue weighted by molar-refractivity contribution is 8.14. The van der Waals surface area contributed by atoms with Gasteiger partial charge in [-0.1, -0.05) is 77.5 Å². The molecule has 0 saturated heterocycles. The van der Waals surface area contributed by atoms with E-state index in [1.165, 1.54) is 17.3 Å². The summed E-state index contributed by atoms with van der Waals surface area (Å²) in [5.74, 6) is 0.290. The Labute approximate surface area is 174 Å². The summed E-state index contributed by atoms with van der Waals surface area (Å²) >= 11 is 1.52. The lowest BCUT2D eigenvalue weighted by atomic mass is 10.2. The fourth-order valence-corrected chi connectivity index (χ4v) is 4.87.